The minimum Gasteiger partial charge on any atom is -0.330 e. The molecular formula is C10H8BrN3O. The fraction of sp³-hybridized carbons (Fsp3) is 0.100. The molecule has 0 saturated heterocycles. The summed E-state index contributed by atoms with van der Waals surface area (Å²) in [6, 6.07) is 1.96. The van der Waals surface area contributed by atoms with E-state index in [1.54, 1.807) is 12.4 Å². The van der Waals surface area contributed by atoms with Crippen molar-refractivity contribution in [2.45, 2.75) is 6.92 Å². The first-order chi connectivity index (χ1) is 7.20. The monoisotopic (exact) mass is 265 g/mol. The van der Waals surface area contributed by atoms with Gasteiger partial charge in [0.05, 0.1) is 0 Å². The molecule has 0 unspecified atom stereocenters. The summed E-state index contributed by atoms with van der Waals surface area (Å²) in [5.74, 6) is 0.304. The van der Waals surface area contributed by atoms with Crippen molar-refractivity contribution in [2.75, 3.05) is 0 Å². The normalized spacial score (nSPS) is 10.3. The average Bonchev–Trinajstić information content (AvgIpc) is 2.60. The van der Waals surface area contributed by atoms with E-state index in [0.29, 0.717) is 22.4 Å². The Morgan fingerprint density at radius 2 is 2.27 bits per heavy atom. The molecule has 0 amide bonds. The highest BCUT2D eigenvalue weighted by Crippen LogP contribution is 2.25. The lowest BCUT2D eigenvalue weighted by Crippen LogP contribution is -1.84. The summed E-state index contributed by atoms with van der Waals surface area (Å²) in [6.07, 6.45) is 4.16. The van der Waals surface area contributed by atoms with Gasteiger partial charge in [-0.1, -0.05) is 0 Å². The maximum absolute atomic E-state index is 10.5. The number of nitrogens with zero attached hydrogens (tertiary/aromatic N) is 2. The molecule has 0 radical (unpaired) electrons. The van der Waals surface area contributed by atoms with E-state index >= 15 is 0 Å². The minimum absolute atomic E-state index is 0.304. The van der Waals surface area contributed by atoms with Gasteiger partial charge in [0.25, 0.3) is 0 Å². The van der Waals surface area contributed by atoms with Gasteiger partial charge in [-0.2, -0.15) is 0 Å². The van der Waals surface area contributed by atoms with Crippen molar-refractivity contribution in [1.29, 1.82) is 0 Å². The summed E-state index contributed by atoms with van der Waals surface area (Å²) in [7, 11) is 0. The van der Waals surface area contributed by atoms with Crippen LogP contribution in [0.25, 0.3) is 11.3 Å². The summed E-state index contributed by atoms with van der Waals surface area (Å²) in [5.41, 5.74) is 2.63. The molecule has 0 aromatic carbocycles. The van der Waals surface area contributed by atoms with E-state index < -0.39 is 0 Å². The number of imidazole rings is 1. The molecule has 0 bridgehead atoms. The van der Waals surface area contributed by atoms with Crippen LogP contribution in [-0.4, -0.2) is 21.2 Å². The predicted molar refractivity (Wildman–Crippen MR) is 59.6 cm³/mol. The smallest absolute Gasteiger partial charge is 0.185 e. The number of aryl methyl sites for hydroxylation is 1. The zero-order valence-corrected chi connectivity index (χ0v) is 9.58. The maximum atomic E-state index is 10.5. The fourth-order valence-corrected chi connectivity index (χ4v) is 1.82. The molecule has 15 heavy (non-hydrogen) atoms. The number of aromatic amines is 1. The van der Waals surface area contributed by atoms with E-state index in [9.17, 15) is 4.79 Å². The lowest BCUT2D eigenvalue weighted by atomic mass is 10.2. The molecule has 0 spiro atoms. The van der Waals surface area contributed by atoms with Gasteiger partial charge in [-0.25, -0.2) is 4.98 Å². The third-order valence-electron chi connectivity index (χ3n) is 1.94. The number of aldehydes is 1. The van der Waals surface area contributed by atoms with Crippen molar-refractivity contribution in [3.05, 3.63) is 34.5 Å². The molecular weight excluding hydrogens is 258 g/mol. The van der Waals surface area contributed by atoms with E-state index in [2.05, 4.69) is 30.9 Å². The maximum Gasteiger partial charge on any atom is 0.185 e. The van der Waals surface area contributed by atoms with E-state index in [1.807, 2.05) is 13.0 Å². The Bertz CT molecular complexity index is 507. The van der Waals surface area contributed by atoms with Crippen molar-refractivity contribution in [2.24, 2.45) is 0 Å². The van der Waals surface area contributed by atoms with E-state index in [-0.39, 0.29) is 0 Å². The number of aromatic nitrogens is 3. The Hall–Kier alpha value is -1.49. The highest BCUT2D eigenvalue weighted by molar-refractivity contribution is 9.10. The van der Waals surface area contributed by atoms with Crippen LogP contribution in [0.15, 0.2) is 23.1 Å². The molecule has 2 aromatic rings. The molecule has 0 atom stereocenters. The Morgan fingerprint density at radius 1 is 1.47 bits per heavy atom. The fourth-order valence-electron chi connectivity index (χ4n) is 1.30. The second-order valence-electron chi connectivity index (χ2n) is 3.15. The van der Waals surface area contributed by atoms with Crippen molar-refractivity contribution >= 4 is 22.2 Å². The van der Waals surface area contributed by atoms with Crippen LogP contribution in [0.4, 0.5) is 0 Å². The van der Waals surface area contributed by atoms with E-state index in [4.69, 9.17) is 0 Å². The largest absolute Gasteiger partial charge is 0.330 e. The van der Waals surface area contributed by atoms with Crippen molar-refractivity contribution in [1.82, 2.24) is 15.0 Å². The summed E-state index contributed by atoms with van der Waals surface area (Å²) in [4.78, 5) is 21.6. The van der Waals surface area contributed by atoms with Crippen LogP contribution < -0.4 is 0 Å². The van der Waals surface area contributed by atoms with Crippen molar-refractivity contribution in [3.63, 3.8) is 0 Å². The van der Waals surface area contributed by atoms with Crippen LogP contribution in [0, 0.1) is 6.92 Å². The minimum atomic E-state index is 0.304. The second-order valence-corrected chi connectivity index (χ2v) is 3.95. The molecule has 2 aromatic heterocycles. The number of hydrogen-bond acceptors (Lipinski definition) is 3. The quantitative estimate of drug-likeness (QED) is 0.849. The first-order valence-corrected chi connectivity index (χ1v) is 5.12. The van der Waals surface area contributed by atoms with Gasteiger partial charge in [0.1, 0.15) is 10.3 Å². The van der Waals surface area contributed by atoms with Gasteiger partial charge in [0.15, 0.2) is 12.1 Å². The molecule has 76 valence electrons. The number of halogens is 1. The number of H-pyrrole nitrogens is 1. The summed E-state index contributed by atoms with van der Waals surface area (Å²) in [5, 5.41) is 0. The van der Waals surface area contributed by atoms with Gasteiger partial charge in [-0.05, 0) is 34.5 Å². The topological polar surface area (TPSA) is 58.6 Å². The third-order valence-corrected chi connectivity index (χ3v) is 2.51. The van der Waals surface area contributed by atoms with Crippen molar-refractivity contribution in [3.8, 4) is 11.3 Å². The van der Waals surface area contributed by atoms with Gasteiger partial charge in [0.2, 0.25) is 0 Å². The van der Waals surface area contributed by atoms with Gasteiger partial charge < -0.3 is 4.98 Å². The van der Waals surface area contributed by atoms with Gasteiger partial charge in [0, 0.05) is 18.0 Å². The van der Waals surface area contributed by atoms with Crippen LogP contribution in [0.2, 0.25) is 0 Å². The molecule has 2 heterocycles. The van der Waals surface area contributed by atoms with Gasteiger partial charge in [-0.15, -0.1) is 0 Å². The lowest BCUT2D eigenvalue weighted by Gasteiger charge is -1.97. The molecule has 2 rings (SSSR count). The number of nitrogens with one attached hydrogen (secondary N) is 1. The Labute approximate surface area is 94.9 Å². The van der Waals surface area contributed by atoms with Gasteiger partial charge in [-0.3, -0.25) is 9.78 Å². The van der Waals surface area contributed by atoms with E-state index in [0.717, 1.165) is 11.1 Å². The van der Waals surface area contributed by atoms with Crippen LogP contribution in [0.3, 0.4) is 0 Å². The van der Waals surface area contributed by atoms with Crippen molar-refractivity contribution < 1.29 is 4.79 Å². The summed E-state index contributed by atoms with van der Waals surface area (Å²) in [6.45, 7) is 1.96. The summed E-state index contributed by atoms with van der Waals surface area (Å²) >= 11 is 3.31. The first kappa shape index (κ1) is 10.0. The van der Waals surface area contributed by atoms with Crippen LogP contribution in [-0.2, 0) is 0 Å². The molecule has 0 aliphatic carbocycles. The lowest BCUT2D eigenvalue weighted by molar-refractivity contribution is 0.111. The third kappa shape index (κ3) is 1.97. The number of carbonyl (C=O) groups is 1. The standard InChI is InChI=1S/C10H8BrN3O/c1-6-2-7(4-12-3-6)9-10(11)14-8(5-15)13-9/h2-5H,1H3,(H,13,14). The molecule has 0 aliphatic rings. The molecule has 5 heteroatoms. The Kier molecular flexibility index (Phi) is 2.64. The SMILES string of the molecule is Cc1cncc(-c2nc(C=O)[nH]c2Br)c1. The van der Waals surface area contributed by atoms with E-state index in [1.165, 1.54) is 0 Å². The highest BCUT2D eigenvalue weighted by atomic mass is 79.9. The average molecular weight is 266 g/mol. The highest BCUT2D eigenvalue weighted by Gasteiger charge is 2.09. The number of pyridine rings is 1. The summed E-state index contributed by atoms with van der Waals surface area (Å²) < 4.78 is 0.692. The Morgan fingerprint density at radius 3 is 2.87 bits per heavy atom. The zero-order chi connectivity index (χ0) is 10.8. The second kappa shape index (κ2) is 3.94. The molecule has 1 N–H and O–H groups in total. The van der Waals surface area contributed by atoms with Gasteiger partial charge >= 0.3 is 0 Å². The Balaban J connectivity index is 2.53. The van der Waals surface area contributed by atoms with Crippen LogP contribution >= 0.6 is 15.9 Å². The first-order valence-electron chi connectivity index (χ1n) is 4.33. The number of carbonyl (C=O) groups excluding carboxylic acids is 1. The molecule has 4 nitrogen and oxygen atoms in total. The van der Waals surface area contributed by atoms with Crippen LogP contribution in [0.5, 0.6) is 0 Å². The van der Waals surface area contributed by atoms with Crippen LogP contribution in [0.1, 0.15) is 16.2 Å². The predicted octanol–water partition coefficient (Wildman–Crippen LogP) is 2.36. The molecule has 0 saturated carbocycles. The molecule has 0 fully saturated rings. The zero-order valence-electron chi connectivity index (χ0n) is 7.99. The molecule has 0 aliphatic heterocycles. The number of hydrogen-bond donors (Lipinski definition) is 1. The number of rotatable bonds is 2.